The van der Waals surface area contributed by atoms with Crippen molar-refractivity contribution in [1.82, 2.24) is 0 Å². The summed E-state index contributed by atoms with van der Waals surface area (Å²) >= 11 is 0. The zero-order valence-electron chi connectivity index (χ0n) is 8.99. The fraction of sp³-hybridized carbons (Fsp3) is 0.700. The maximum Gasteiger partial charge on any atom is 0.311 e. The number of rotatable bonds is 3. The standard InChI is InChI=1S/C10H16O4S/c1-8(2)3-4-10(9(11)12)5-6-15(13,14)7-10/h3H,4-7H2,1-2H3,(H,11,12). The molecule has 0 aromatic rings. The molecule has 1 fully saturated rings. The molecule has 0 aromatic heterocycles. The van der Waals surface area contributed by atoms with Crippen LogP contribution in [0.15, 0.2) is 11.6 Å². The van der Waals surface area contributed by atoms with Crippen molar-refractivity contribution in [2.24, 2.45) is 5.41 Å². The summed E-state index contributed by atoms with van der Waals surface area (Å²) < 4.78 is 22.6. The Morgan fingerprint density at radius 3 is 2.40 bits per heavy atom. The van der Waals surface area contributed by atoms with E-state index in [-0.39, 0.29) is 17.9 Å². The van der Waals surface area contributed by atoms with Gasteiger partial charge >= 0.3 is 5.97 Å². The maximum atomic E-state index is 11.3. The fourth-order valence-electron chi connectivity index (χ4n) is 1.73. The molecule has 1 aliphatic rings. The van der Waals surface area contributed by atoms with Crippen LogP contribution in [0.25, 0.3) is 0 Å². The highest BCUT2D eigenvalue weighted by Crippen LogP contribution is 2.36. The van der Waals surface area contributed by atoms with E-state index in [4.69, 9.17) is 5.11 Å². The molecule has 0 radical (unpaired) electrons. The molecular weight excluding hydrogens is 216 g/mol. The third kappa shape index (κ3) is 2.81. The van der Waals surface area contributed by atoms with Crippen molar-refractivity contribution >= 4 is 15.8 Å². The molecule has 0 aromatic carbocycles. The molecule has 1 unspecified atom stereocenters. The van der Waals surface area contributed by atoms with E-state index < -0.39 is 21.2 Å². The van der Waals surface area contributed by atoms with Gasteiger partial charge in [-0.15, -0.1) is 0 Å². The quantitative estimate of drug-likeness (QED) is 0.743. The van der Waals surface area contributed by atoms with Gasteiger partial charge in [0.25, 0.3) is 0 Å². The molecular formula is C10H16O4S. The second kappa shape index (κ2) is 3.96. The van der Waals surface area contributed by atoms with Crippen LogP contribution < -0.4 is 0 Å². The number of allylic oxidation sites excluding steroid dienone is 2. The van der Waals surface area contributed by atoms with Crippen LogP contribution in [0.4, 0.5) is 0 Å². The predicted octanol–water partition coefficient (Wildman–Crippen LogP) is 1.23. The van der Waals surface area contributed by atoms with Gasteiger partial charge in [-0.05, 0) is 26.7 Å². The summed E-state index contributed by atoms with van der Waals surface area (Å²) in [7, 11) is -3.16. The number of aliphatic carboxylic acids is 1. The summed E-state index contributed by atoms with van der Waals surface area (Å²) in [5, 5.41) is 9.12. The second-order valence-corrected chi connectivity index (χ2v) is 6.60. The molecule has 0 amide bonds. The molecule has 1 heterocycles. The average molecular weight is 232 g/mol. The van der Waals surface area contributed by atoms with Gasteiger partial charge in [-0.1, -0.05) is 11.6 Å². The van der Waals surface area contributed by atoms with Gasteiger partial charge in [0.2, 0.25) is 0 Å². The fourth-order valence-corrected chi connectivity index (χ4v) is 3.81. The van der Waals surface area contributed by atoms with Gasteiger partial charge in [0.15, 0.2) is 9.84 Å². The molecule has 1 rings (SSSR count). The third-order valence-electron chi connectivity index (χ3n) is 2.74. The minimum Gasteiger partial charge on any atom is -0.481 e. The van der Waals surface area contributed by atoms with Crippen molar-refractivity contribution in [3.8, 4) is 0 Å². The summed E-state index contributed by atoms with van der Waals surface area (Å²) in [6.07, 6.45) is 2.34. The molecule has 1 saturated heterocycles. The van der Waals surface area contributed by atoms with Gasteiger partial charge in [0, 0.05) is 0 Å². The Hall–Kier alpha value is -0.840. The first kappa shape index (κ1) is 12.2. The van der Waals surface area contributed by atoms with Crippen molar-refractivity contribution in [3.05, 3.63) is 11.6 Å². The zero-order chi connectivity index (χ0) is 11.7. The summed E-state index contributed by atoms with van der Waals surface area (Å²) in [5.74, 6) is -1.23. The first-order chi connectivity index (χ1) is 6.77. The first-order valence-electron chi connectivity index (χ1n) is 4.85. The number of carbonyl (C=O) groups is 1. The van der Waals surface area contributed by atoms with Crippen LogP contribution in [0.3, 0.4) is 0 Å². The molecule has 1 aliphatic heterocycles. The highest BCUT2D eigenvalue weighted by molar-refractivity contribution is 7.91. The van der Waals surface area contributed by atoms with Crippen molar-refractivity contribution < 1.29 is 18.3 Å². The lowest BCUT2D eigenvalue weighted by Crippen LogP contribution is -2.31. The SMILES string of the molecule is CC(C)=CCC1(C(=O)O)CCS(=O)(=O)C1. The topological polar surface area (TPSA) is 71.4 Å². The Balaban J connectivity index is 2.93. The third-order valence-corrected chi connectivity index (χ3v) is 4.56. The lowest BCUT2D eigenvalue weighted by atomic mass is 9.83. The van der Waals surface area contributed by atoms with Crippen LogP contribution >= 0.6 is 0 Å². The molecule has 1 atom stereocenters. The van der Waals surface area contributed by atoms with Crippen LogP contribution in [0.5, 0.6) is 0 Å². The van der Waals surface area contributed by atoms with Gasteiger partial charge in [-0.25, -0.2) is 8.42 Å². The van der Waals surface area contributed by atoms with E-state index in [9.17, 15) is 13.2 Å². The molecule has 1 N–H and O–H groups in total. The monoisotopic (exact) mass is 232 g/mol. The maximum absolute atomic E-state index is 11.3. The smallest absolute Gasteiger partial charge is 0.311 e. The molecule has 0 spiro atoms. The molecule has 0 bridgehead atoms. The lowest BCUT2D eigenvalue weighted by molar-refractivity contribution is -0.147. The minimum atomic E-state index is -3.16. The predicted molar refractivity (Wildman–Crippen MR) is 57.4 cm³/mol. The number of carboxylic acid groups (broad SMARTS) is 1. The van der Waals surface area contributed by atoms with E-state index in [1.54, 1.807) is 6.08 Å². The molecule has 5 heteroatoms. The number of hydrogen-bond donors (Lipinski definition) is 1. The van der Waals surface area contributed by atoms with Crippen LogP contribution in [0.2, 0.25) is 0 Å². The van der Waals surface area contributed by atoms with Gasteiger partial charge < -0.3 is 5.11 Å². The van der Waals surface area contributed by atoms with Crippen LogP contribution in [-0.4, -0.2) is 31.0 Å². The van der Waals surface area contributed by atoms with Crippen molar-refractivity contribution in [3.63, 3.8) is 0 Å². The molecule has 15 heavy (non-hydrogen) atoms. The lowest BCUT2D eigenvalue weighted by Gasteiger charge is -2.20. The van der Waals surface area contributed by atoms with Gasteiger partial charge in [-0.3, -0.25) is 4.79 Å². The first-order valence-corrected chi connectivity index (χ1v) is 6.67. The highest BCUT2D eigenvalue weighted by atomic mass is 32.2. The van der Waals surface area contributed by atoms with Crippen LogP contribution in [0, 0.1) is 5.41 Å². The van der Waals surface area contributed by atoms with E-state index in [1.165, 1.54) is 0 Å². The number of carboxylic acids is 1. The van der Waals surface area contributed by atoms with Crippen molar-refractivity contribution in [1.29, 1.82) is 0 Å². The summed E-state index contributed by atoms with van der Waals surface area (Å²) in [6.45, 7) is 3.75. The molecule has 86 valence electrons. The summed E-state index contributed by atoms with van der Waals surface area (Å²) in [4.78, 5) is 11.1. The Kier molecular flexibility index (Phi) is 3.23. The molecule has 4 nitrogen and oxygen atoms in total. The van der Waals surface area contributed by atoms with E-state index in [0.717, 1.165) is 5.57 Å². The number of sulfone groups is 1. The van der Waals surface area contributed by atoms with Gasteiger partial charge in [0.1, 0.15) is 0 Å². The molecule has 0 saturated carbocycles. The highest BCUT2D eigenvalue weighted by Gasteiger charge is 2.47. The van der Waals surface area contributed by atoms with Crippen molar-refractivity contribution in [2.45, 2.75) is 26.7 Å². The van der Waals surface area contributed by atoms with Gasteiger partial charge in [-0.2, -0.15) is 0 Å². The van der Waals surface area contributed by atoms with Crippen LogP contribution in [0.1, 0.15) is 26.7 Å². The zero-order valence-corrected chi connectivity index (χ0v) is 9.80. The Morgan fingerprint density at radius 1 is 1.47 bits per heavy atom. The van der Waals surface area contributed by atoms with Crippen molar-refractivity contribution in [2.75, 3.05) is 11.5 Å². The van der Waals surface area contributed by atoms with E-state index in [0.29, 0.717) is 6.42 Å². The van der Waals surface area contributed by atoms with Gasteiger partial charge in [0.05, 0.1) is 16.9 Å². The molecule has 0 aliphatic carbocycles. The summed E-state index contributed by atoms with van der Waals surface area (Å²) in [6, 6.07) is 0. The normalized spacial score (nSPS) is 28.7. The van der Waals surface area contributed by atoms with E-state index >= 15 is 0 Å². The Morgan fingerprint density at radius 2 is 2.07 bits per heavy atom. The number of hydrogen-bond acceptors (Lipinski definition) is 3. The minimum absolute atomic E-state index is 0.00407. The Labute approximate surface area is 89.9 Å². The largest absolute Gasteiger partial charge is 0.481 e. The average Bonchev–Trinajstić information content (AvgIpc) is 2.40. The van der Waals surface area contributed by atoms with Crippen LogP contribution in [-0.2, 0) is 14.6 Å². The second-order valence-electron chi connectivity index (χ2n) is 4.41. The van der Waals surface area contributed by atoms with E-state index in [2.05, 4.69) is 0 Å². The summed E-state index contributed by atoms with van der Waals surface area (Å²) in [5.41, 5.74) is -0.0734. The van der Waals surface area contributed by atoms with E-state index in [1.807, 2.05) is 13.8 Å². The Bertz CT molecular complexity index is 390.